The monoisotopic (exact) mass is 258 g/mol. The molecule has 0 unspecified atom stereocenters. The number of nitriles is 1. The van der Waals surface area contributed by atoms with E-state index in [1.54, 1.807) is 0 Å². The van der Waals surface area contributed by atoms with Gasteiger partial charge in [0.05, 0.1) is 11.6 Å². The third-order valence-electron chi connectivity index (χ3n) is 1.32. The lowest BCUT2D eigenvalue weighted by Crippen LogP contribution is -1.96. The molecule has 0 bridgehead atoms. The zero-order valence-electron chi connectivity index (χ0n) is 5.84. The summed E-state index contributed by atoms with van der Waals surface area (Å²) in [5.74, 6) is 0. The molecule has 0 saturated carbocycles. The van der Waals surface area contributed by atoms with E-state index in [0.29, 0.717) is 12.1 Å². The Morgan fingerprint density at radius 3 is 2.73 bits per heavy atom. The van der Waals surface area contributed by atoms with E-state index in [0.717, 1.165) is 9.13 Å². The van der Waals surface area contributed by atoms with Gasteiger partial charge in [0.15, 0.2) is 0 Å². The van der Waals surface area contributed by atoms with Crippen molar-refractivity contribution in [3.8, 4) is 6.07 Å². The Kier molecular flexibility index (Phi) is 2.85. The first kappa shape index (κ1) is 8.50. The first-order valence-electron chi connectivity index (χ1n) is 3.16. The van der Waals surface area contributed by atoms with Crippen molar-refractivity contribution < 1.29 is 0 Å². The van der Waals surface area contributed by atoms with Gasteiger partial charge < -0.3 is 5.73 Å². The summed E-state index contributed by atoms with van der Waals surface area (Å²) in [5, 5.41) is 8.59. The maximum absolute atomic E-state index is 8.59. The van der Waals surface area contributed by atoms with Crippen molar-refractivity contribution in [2.45, 2.75) is 6.54 Å². The molecule has 3 heteroatoms. The van der Waals surface area contributed by atoms with Crippen LogP contribution in [0.2, 0.25) is 0 Å². The van der Waals surface area contributed by atoms with Crippen LogP contribution in [-0.2, 0) is 6.54 Å². The molecule has 0 spiro atoms. The average molecular weight is 258 g/mol. The van der Waals surface area contributed by atoms with Crippen molar-refractivity contribution in [2.75, 3.05) is 0 Å². The minimum Gasteiger partial charge on any atom is -0.326 e. The third kappa shape index (κ3) is 2.17. The molecule has 0 aliphatic heterocycles. The lowest BCUT2D eigenvalue weighted by Gasteiger charge is -1.97. The summed E-state index contributed by atoms with van der Waals surface area (Å²) >= 11 is 2.17. The van der Waals surface area contributed by atoms with Crippen molar-refractivity contribution in [3.05, 3.63) is 32.9 Å². The van der Waals surface area contributed by atoms with Gasteiger partial charge in [0.1, 0.15) is 0 Å². The van der Waals surface area contributed by atoms with Gasteiger partial charge in [-0.3, -0.25) is 0 Å². The fraction of sp³-hybridized carbons (Fsp3) is 0.125. The summed E-state index contributed by atoms with van der Waals surface area (Å²) < 4.78 is 1.06. The number of rotatable bonds is 1. The molecule has 0 atom stereocenters. The van der Waals surface area contributed by atoms with Crippen LogP contribution in [-0.4, -0.2) is 0 Å². The number of hydrogen-bond acceptors (Lipinski definition) is 2. The highest BCUT2D eigenvalue weighted by Crippen LogP contribution is 2.11. The van der Waals surface area contributed by atoms with Crippen LogP contribution in [0.1, 0.15) is 11.1 Å². The summed E-state index contributed by atoms with van der Waals surface area (Å²) in [6, 6.07) is 7.70. The van der Waals surface area contributed by atoms with Crippen molar-refractivity contribution in [3.63, 3.8) is 0 Å². The molecule has 1 rings (SSSR count). The summed E-state index contributed by atoms with van der Waals surface area (Å²) in [6.45, 7) is 0.492. The first-order chi connectivity index (χ1) is 5.26. The highest BCUT2D eigenvalue weighted by molar-refractivity contribution is 14.1. The number of nitrogens with zero attached hydrogens (tertiary/aromatic N) is 1. The molecule has 1 aromatic rings. The van der Waals surface area contributed by atoms with Crippen LogP contribution in [0, 0.1) is 14.9 Å². The van der Waals surface area contributed by atoms with Crippen LogP contribution in [0.5, 0.6) is 0 Å². The van der Waals surface area contributed by atoms with E-state index < -0.39 is 0 Å². The fourth-order valence-electron chi connectivity index (χ4n) is 0.833. The van der Waals surface area contributed by atoms with Gasteiger partial charge in [-0.15, -0.1) is 0 Å². The van der Waals surface area contributed by atoms with E-state index in [2.05, 4.69) is 28.7 Å². The molecule has 2 N–H and O–H groups in total. The maximum atomic E-state index is 8.59. The first-order valence-corrected chi connectivity index (χ1v) is 4.24. The molecule has 1 aromatic carbocycles. The number of halogens is 1. The molecule has 0 fully saturated rings. The SMILES string of the molecule is N#Cc1cc(I)cc(CN)c1. The Labute approximate surface area is 79.2 Å². The van der Waals surface area contributed by atoms with E-state index in [4.69, 9.17) is 11.0 Å². The van der Waals surface area contributed by atoms with Gasteiger partial charge in [0.2, 0.25) is 0 Å². The quantitative estimate of drug-likeness (QED) is 0.778. The van der Waals surface area contributed by atoms with E-state index >= 15 is 0 Å². The van der Waals surface area contributed by atoms with Crippen LogP contribution < -0.4 is 5.73 Å². The molecule has 0 radical (unpaired) electrons. The molecule has 56 valence electrons. The van der Waals surface area contributed by atoms with Crippen molar-refractivity contribution in [1.82, 2.24) is 0 Å². The molecule has 2 nitrogen and oxygen atoms in total. The van der Waals surface area contributed by atoms with Crippen molar-refractivity contribution in [1.29, 1.82) is 5.26 Å². The van der Waals surface area contributed by atoms with E-state index in [1.165, 1.54) is 0 Å². The second-order valence-corrected chi connectivity index (χ2v) is 3.41. The van der Waals surface area contributed by atoms with Gasteiger partial charge in [-0.1, -0.05) is 0 Å². The third-order valence-corrected chi connectivity index (χ3v) is 1.95. The van der Waals surface area contributed by atoms with Crippen LogP contribution >= 0.6 is 22.6 Å². The lowest BCUT2D eigenvalue weighted by atomic mass is 10.1. The Balaban J connectivity index is 3.15. The zero-order valence-corrected chi connectivity index (χ0v) is 8.00. The Morgan fingerprint density at radius 2 is 2.18 bits per heavy atom. The van der Waals surface area contributed by atoms with Gasteiger partial charge in [-0.05, 0) is 46.4 Å². The average Bonchev–Trinajstić information content (AvgIpc) is 2.03. The van der Waals surface area contributed by atoms with Crippen LogP contribution in [0.3, 0.4) is 0 Å². The van der Waals surface area contributed by atoms with E-state index in [-0.39, 0.29) is 0 Å². The van der Waals surface area contributed by atoms with Gasteiger partial charge >= 0.3 is 0 Å². The highest BCUT2D eigenvalue weighted by Gasteiger charge is 1.95. The summed E-state index contributed by atoms with van der Waals surface area (Å²) in [6.07, 6.45) is 0. The number of nitrogens with two attached hydrogens (primary N) is 1. The normalized spacial score (nSPS) is 9.18. The summed E-state index contributed by atoms with van der Waals surface area (Å²) in [5.41, 5.74) is 7.12. The molecular formula is C8H7IN2. The largest absolute Gasteiger partial charge is 0.326 e. The van der Waals surface area contributed by atoms with Crippen LogP contribution in [0.25, 0.3) is 0 Å². The molecule has 0 saturated heterocycles. The topological polar surface area (TPSA) is 49.8 Å². The minimum atomic E-state index is 0.492. The van der Waals surface area contributed by atoms with Crippen LogP contribution in [0.15, 0.2) is 18.2 Å². The van der Waals surface area contributed by atoms with E-state index in [1.807, 2.05) is 18.2 Å². The smallest absolute Gasteiger partial charge is 0.0992 e. The Morgan fingerprint density at radius 1 is 1.45 bits per heavy atom. The lowest BCUT2D eigenvalue weighted by molar-refractivity contribution is 1.07. The molecule has 0 heterocycles. The number of benzene rings is 1. The molecular weight excluding hydrogens is 251 g/mol. The van der Waals surface area contributed by atoms with Crippen molar-refractivity contribution >= 4 is 22.6 Å². The van der Waals surface area contributed by atoms with Crippen molar-refractivity contribution in [2.24, 2.45) is 5.73 Å². The summed E-state index contributed by atoms with van der Waals surface area (Å²) in [4.78, 5) is 0. The standard InChI is InChI=1S/C8H7IN2/c9-8-2-6(4-10)1-7(3-8)5-11/h1-3H,4,10H2. The second-order valence-electron chi connectivity index (χ2n) is 2.16. The van der Waals surface area contributed by atoms with Gasteiger partial charge in [-0.25, -0.2) is 0 Å². The molecule has 0 amide bonds. The maximum Gasteiger partial charge on any atom is 0.0992 e. The van der Waals surface area contributed by atoms with Gasteiger partial charge in [-0.2, -0.15) is 5.26 Å². The van der Waals surface area contributed by atoms with Gasteiger partial charge in [0.25, 0.3) is 0 Å². The minimum absolute atomic E-state index is 0.492. The Hall–Kier alpha value is -0.600. The fourth-order valence-corrected chi connectivity index (χ4v) is 1.57. The molecule has 0 aromatic heterocycles. The second kappa shape index (κ2) is 3.69. The van der Waals surface area contributed by atoms with Gasteiger partial charge in [0, 0.05) is 10.1 Å². The Bertz CT molecular complexity index is 301. The predicted molar refractivity (Wildman–Crippen MR) is 51.8 cm³/mol. The van der Waals surface area contributed by atoms with Crippen LogP contribution in [0.4, 0.5) is 0 Å². The molecule has 11 heavy (non-hydrogen) atoms. The predicted octanol–water partition coefficient (Wildman–Crippen LogP) is 1.62. The summed E-state index contributed by atoms with van der Waals surface area (Å²) in [7, 11) is 0. The number of hydrogen-bond donors (Lipinski definition) is 1. The highest BCUT2D eigenvalue weighted by atomic mass is 127. The molecule has 0 aliphatic carbocycles. The van der Waals surface area contributed by atoms with E-state index in [9.17, 15) is 0 Å². The zero-order chi connectivity index (χ0) is 8.27. The molecule has 0 aliphatic rings.